The normalized spacial score (nSPS) is 12.7. The Morgan fingerprint density at radius 1 is 1.30 bits per heavy atom. The highest BCUT2D eigenvalue weighted by Gasteiger charge is 2.23. The van der Waals surface area contributed by atoms with Crippen molar-refractivity contribution in [2.24, 2.45) is 0 Å². The first-order valence-electron chi connectivity index (χ1n) is 8.56. The molecule has 2 heterocycles. The fourth-order valence-electron chi connectivity index (χ4n) is 3.08. The molecule has 0 spiro atoms. The van der Waals surface area contributed by atoms with Crippen LogP contribution in [0.2, 0.25) is 0 Å². The van der Waals surface area contributed by atoms with Gasteiger partial charge in [-0.25, -0.2) is 9.37 Å². The van der Waals surface area contributed by atoms with Crippen LogP contribution in [0.3, 0.4) is 0 Å². The summed E-state index contributed by atoms with van der Waals surface area (Å²) in [6.45, 7) is 1.19. The average Bonchev–Trinajstić information content (AvgIpc) is 3.28. The van der Waals surface area contributed by atoms with Crippen molar-refractivity contribution in [3.63, 3.8) is 0 Å². The molecule has 0 atom stereocenters. The van der Waals surface area contributed by atoms with Crippen LogP contribution in [0.15, 0.2) is 53.7 Å². The molecule has 27 heavy (non-hydrogen) atoms. The van der Waals surface area contributed by atoms with Gasteiger partial charge in [0.05, 0.1) is 25.0 Å². The third-order valence-electron chi connectivity index (χ3n) is 4.45. The number of methoxy groups -OCH3 is 1. The van der Waals surface area contributed by atoms with Crippen LogP contribution >= 0.6 is 11.8 Å². The minimum Gasteiger partial charge on any atom is -0.497 e. The standard InChI is InChI=1S/C20H18FN3O2S/c1-26-16-4-2-3-14(11-16)19(25)22-12-17-18(13-5-7-15(21)8-6-13)23-20-24(17)9-10-27-20/h2-8,11H,9-10,12H2,1H3,(H,22,25). The zero-order valence-corrected chi connectivity index (χ0v) is 15.6. The smallest absolute Gasteiger partial charge is 0.251 e. The van der Waals surface area contributed by atoms with Crippen LogP contribution in [0.25, 0.3) is 11.3 Å². The molecule has 0 saturated carbocycles. The van der Waals surface area contributed by atoms with E-state index in [2.05, 4.69) is 9.88 Å². The number of carbonyl (C=O) groups excluding carboxylic acids is 1. The van der Waals surface area contributed by atoms with Crippen LogP contribution in [0.4, 0.5) is 4.39 Å². The summed E-state index contributed by atoms with van der Waals surface area (Å²) >= 11 is 1.68. The Labute approximate surface area is 160 Å². The number of rotatable bonds is 5. The number of nitrogens with one attached hydrogen (secondary N) is 1. The maximum atomic E-state index is 13.3. The topological polar surface area (TPSA) is 56.1 Å². The number of ether oxygens (including phenoxy) is 1. The fourth-order valence-corrected chi connectivity index (χ4v) is 4.05. The number of hydrogen-bond donors (Lipinski definition) is 1. The Kier molecular flexibility index (Phi) is 4.85. The van der Waals surface area contributed by atoms with Gasteiger partial charge < -0.3 is 14.6 Å². The number of thioether (sulfide) groups is 1. The minimum absolute atomic E-state index is 0.180. The molecule has 5 nitrogen and oxygen atoms in total. The lowest BCUT2D eigenvalue weighted by Gasteiger charge is -2.10. The van der Waals surface area contributed by atoms with E-state index in [1.165, 1.54) is 12.1 Å². The van der Waals surface area contributed by atoms with E-state index in [4.69, 9.17) is 9.72 Å². The Hall–Kier alpha value is -2.80. The number of aromatic nitrogens is 2. The Balaban J connectivity index is 1.59. The zero-order chi connectivity index (χ0) is 18.8. The Morgan fingerprint density at radius 3 is 2.89 bits per heavy atom. The molecule has 0 radical (unpaired) electrons. The lowest BCUT2D eigenvalue weighted by atomic mass is 10.1. The molecule has 3 aromatic rings. The van der Waals surface area contributed by atoms with Crippen molar-refractivity contribution in [2.45, 2.75) is 18.2 Å². The summed E-state index contributed by atoms with van der Waals surface area (Å²) in [4.78, 5) is 17.3. The average molecular weight is 383 g/mol. The molecule has 2 aromatic carbocycles. The predicted octanol–water partition coefficient (Wildman–Crippen LogP) is 3.73. The molecule has 7 heteroatoms. The largest absolute Gasteiger partial charge is 0.497 e. The van der Waals surface area contributed by atoms with Gasteiger partial charge in [-0.3, -0.25) is 4.79 Å². The highest BCUT2D eigenvalue weighted by molar-refractivity contribution is 7.99. The Morgan fingerprint density at radius 2 is 2.11 bits per heavy atom. The van der Waals surface area contributed by atoms with Crippen LogP contribution in [0.1, 0.15) is 16.1 Å². The van der Waals surface area contributed by atoms with Crippen LogP contribution in [0.5, 0.6) is 5.75 Å². The van der Waals surface area contributed by atoms with Gasteiger partial charge in [0.25, 0.3) is 5.91 Å². The van der Waals surface area contributed by atoms with Crippen molar-refractivity contribution in [3.05, 3.63) is 65.6 Å². The quantitative estimate of drug-likeness (QED) is 0.729. The summed E-state index contributed by atoms with van der Waals surface area (Å²) in [5, 5.41) is 3.90. The first-order valence-corrected chi connectivity index (χ1v) is 9.54. The van der Waals surface area contributed by atoms with E-state index in [1.807, 2.05) is 0 Å². The molecule has 1 aliphatic rings. The van der Waals surface area contributed by atoms with Crippen LogP contribution in [-0.2, 0) is 13.1 Å². The molecule has 1 amide bonds. The third kappa shape index (κ3) is 3.55. The molecule has 1 N–H and O–H groups in total. The van der Waals surface area contributed by atoms with E-state index in [9.17, 15) is 9.18 Å². The first kappa shape index (κ1) is 17.6. The molecule has 1 aliphatic heterocycles. The summed E-state index contributed by atoms with van der Waals surface area (Å²) in [5.74, 6) is 1.13. The van der Waals surface area contributed by atoms with Crippen molar-refractivity contribution in [2.75, 3.05) is 12.9 Å². The molecule has 0 saturated heterocycles. The number of fused-ring (bicyclic) bond motifs is 1. The number of hydrogen-bond acceptors (Lipinski definition) is 4. The van der Waals surface area contributed by atoms with Gasteiger partial charge in [-0.15, -0.1) is 0 Å². The summed E-state index contributed by atoms with van der Waals surface area (Å²) in [6.07, 6.45) is 0. The second kappa shape index (κ2) is 7.44. The number of benzene rings is 2. The molecule has 0 aliphatic carbocycles. The maximum absolute atomic E-state index is 13.3. The maximum Gasteiger partial charge on any atom is 0.251 e. The van der Waals surface area contributed by atoms with Crippen molar-refractivity contribution >= 4 is 17.7 Å². The summed E-state index contributed by atoms with van der Waals surface area (Å²) in [7, 11) is 1.57. The van der Waals surface area contributed by atoms with Crippen molar-refractivity contribution in [1.82, 2.24) is 14.9 Å². The predicted molar refractivity (Wildman–Crippen MR) is 103 cm³/mol. The molecule has 138 valence electrons. The van der Waals surface area contributed by atoms with E-state index in [0.717, 1.165) is 34.4 Å². The van der Waals surface area contributed by atoms with Crippen molar-refractivity contribution in [1.29, 1.82) is 0 Å². The van der Waals surface area contributed by atoms with Crippen LogP contribution in [0, 0.1) is 5.82 Å². The number of imidazole rings is 1. The van der Waals surface area contributed by atoms with Gasteiger partial charge in [0.2, 0.25) is 0 Å². The summed E-state index contributed by atoms with van der Waals surface area (Å²) in [6, 6.07) is 13.3. The Bertz CT molecular complexity index is 985. The van der Waals surface area contributed by atoms with Crippen molar-refractivity contribution in [3.8, 4) is 17.0 Å². The lowest BCUT2D eigenvalue weighted by molar-refractivity contribution is 0.0949. The van der Waals surface area contributed by atoms with Crippen LogP contribution in [-0.4, -0.2) is 28.3 Å². The molecule has 0 unspecified atom stereocenters. The number of halogens is 1. The van der Waals surface area contributed by atoms with E-state index >= 15 is 0 Å². The molecule has 0 fully saturated rings. The number of amides is 1. The highest BCUT2D eigenvalue weighted by Crippen LogP contribution is 2.33. The monoisotopic (exact) mass is 383 g/mol. The van der Waals surface area contributed by atoms with Gasteiger partial charge in [0.1, 0.15) is 11.6 Å². The number of nitrogens with zero attached hydrogens (tertiary/aromatic N) is 2. The SMILES string of the molecule is COc1cccc(C(=O)NCc2c(-c3ccc(F)cc3)nc3n2CCS3)c1. The molecule has 1 aromatic heterocycles. The van der Waals surface area contributed by atoms with Gasteiger partial charge in [0, 0.05) is 23.4 Å². The van der Waals surface area contributed by atoms with Crippen LogP contribution < -0.4 is 10.1 Å². The van der Waals surface area contributed by atoms with Gasteiger partial charge in [-0.1, -0.05) is 17.8 Å². The van der Waals surface area contributed by atoms with Gasteiger partial charge >= 0.3 is 0 Å². The summed E-state index contributed by atoms with van der Waals surface area (Å²) < 4.78 is 20.6. The van der Waals surface area contributed by atoms with E-state index in [0.29, 0.717) is 17.9 Å². The summed E-state index contributed by atoms with van der Waals surface area (Å²) in [5.41, 5.74) is 3.08. The second-order valence-electron chi connectivity index (χ2n) is 6.11. The molecular formula is C20H18FN3O2S. The molecule has 0 bridgehead atoms. The molecule has 4 rings (SSSR count). The second-order valence-corrected chi connectivity index (χ2v) is 7.17. The minimum atomic E-state index is -0.284. The first-order chi connectivity index (χ1) is 13.2. The van der Waals surface area contributed by atoms with E-state index in [-0.39, 0.29) is 11.7 Å². The van der Waals surface area contributed by atoms with Crippen molar-refractivity contribution < 1.29 is 13.9 Å². The van der Waals surface area contributed by atoms with Gasteiger partial charge in [-0.2, -0.15) is 0 Å². The zero-order valence-electron chi connectivity index (χ0n) is 14.7. The fraction of sp³-hybridized carbons (Fsp3) is 0.200. The molecular weight excluding hydrogens is 365 g/mol. The highest BCUT2D eigenvalue weighted by atomic mass is 32.2. The number of carbonyl (C=O) groups is 1. The third-order valence-corrected chi connectivity index (χ3v) is 5.41. The van der Waals surface area contributed by atoms with Gasteiger partial charge in [-0.05, 0) is 42.5 Å². The van der Waals surface area contributed by atoms with E-state index in [1.54, 1.807) is 55.3 Å². The van der Waals surface area contributed by atoms with Gasteiger partial charge in [0.15, 0.2) is 5.16 Å². The van der Waals surface area contributed by atoms with E-state index < -0.39 is 0 Å². The lowest BCUT2D eigenvalue weighted by Crippen LogP contribution is -2.24.